The zero-order valence-corrected chi connectivity index (χ0v) is 12.1. The molecule has 0 bridgehead atoms. The molecule has 0 aliphatic rings. The number of primary amides is 1. The molecule has 0 unspecified atom stereocenters. The monoisotopic (exact) mass is 298 g/mol. The van der Waals surface area contributed by atoms with Crippen molar-refractivity contribution in [3.8, 4) is 11.8 Å². The predicted octanol–water partition coefficient (Wildman–Crippen LogP) is 1.56. The van der Waals surface area contributed by atoms with E-state index in [9.17, 15) is 9.59 Å². The number of carbonyl (C=O) groups excluding carboxylic acids is 2. The number of hydrogen-bond acceptors (Lipinski definition) is 3. The molecule has 2 amide bonds. The third-order valence-electron chi connectivity index (χ3n) is 2.69. The summed E-state index contributed by atoms with van der Waals surface area (Å²) < 4.78 is 0. The van der Waals surface area contributed by atoms with Gasteiger partial charge in [0, 0.05) is 16.0 Å². The standard InChI is InChI=1S/C16H14N2O2S/c17-16(20)13-7-5-12(6-8-13)3-1-9-18-15(19)11-14-4-2-10-21-14/h2,4-8,10H,9,11H2,(H2,17,20)(H,18,19). The molecule has 0 fully saturated rings. The normalized spacial score (nSPS) is 9.52. The quantitative estimate of drug-likeness (QED) is 0.841. The van der Waals surface area contributed by atoms with E-state index in [0.29, 0.717) is 18.5 Å². The van der Waals surface area contributed by atoms with Crippen molar-refractivity contribution in [1.29, 1.82) is 0 Å². The van der Waals surface area contributed by atoms with Crippen LogP contribution in [0.25, 0.3) is 0 Å². The lowest BCUT2D eigenvalue weighted by atomic mass is 10.1. The predicted molar refractivity (Wildman–Crippen MR) is 82.9 cm³/mol. The summed E-state index contributed by atoms with van der Waals surface area (Å²) in [5, 5.41) is 4.68. The lowest BCUT2D eigenvalue weighted by Gasteiger charge is -1.98. The summed E-state index contributed by atoms with van der Waals surface area (Å²) in [6, 6.07) is 10.5. The van der Waals surface area contributed by atoms with E-state index in [1.807, 2.05) is 17.5 Å². The first-order chi connectivity index (χ1) is 10.1. The van der Waals surface area contributed by atoms with Gasteiger partial charge in [0.1, 0.15) is 0 Å². The largest absolute Gasteiger partial charge is 0.366 e. The SMILES string of the molecule is NC(=O)c1ccc(C#CCNC(=O)Cc2cccs2)cc1. The van der Waals surface area contributed by atoms with Crippen LogP contribution in [0.1, 0.15) is 20.8 Å². The van der Waals surface area contributed by atoms with E-state index in [2.05, 4.69) is 17.2 Å². The number of nitrogens with one attached hydrogen (secondary N) is 1. The van der Waals surface area contributed by atoms with E-state index >= 15 is 0 Å². The molecular formula is C16H14N2O2S. The third kappa shape index (κ3) is 4.79. The second-order valence-corrected chi connectivity index (χ2v) is 5.31. The zero-order valence-electron chi connectivity index (χ0n) is 11.3. The van der Waals surface area contributed by atoms with Gasteiger partial charge in [-0.3, -0.25) is 9.59 Å². The summed E-state index contributed by atoms with van der Waals surface area (Å²) in [5.41, 5.74) is 6.37. The fourth-order valence-corrected chi connectivity index (χ4v) is 2.34. The number of hydrogen-bond donors (Lipinski definition) is 2. The Morgan fingerprint density at radius 3 is 2.57 bits per heavy atom. The minimum Gasteiger partial charge on any atom is -0.366 e. The number of thiophene rings is 1. The Labute approximate surface area is 127 Å². The highest BCUT2D eigenvalue weighted by molar-refractivity contribution is 7.10. The van der Waals surface area contributed by atoms with Crippen LogP contribution in [-0.2, 0) is 11.2 Å². The molecule has 4 nitrogen and oxygen atoms in total. The van der Waals surface area contributed by atoms with E-state index < -0.39 is 5.91 Å². The maximum atomic E-state index is 11.6. The van der Waals surface area contributed by atoms with Crippen LogP contribution in [0.2, 0.25) is 0 Å². The van der Waals surface area contributed by atoms with E-state index in [1.54, 1.807) is 35.6 Å². The molecule has 0 spiro atoms. The second kappa shape index (κ2) is 7.27. The zero-order chi connectivity index (χ0) is 15.1. The van der Waals surface area contributed by atoms with E-state index in [4.69, 9.17) is 5.73 Å². The fourth-order valence-electron chi connectivity index (χ4n) is 1.64. The Morgan fingerprint density at radius 1 is 1.19 bits per heavy atom. The molecular weight excluding hydrogens is 284 g/mol. The summed E-state index contributed by atoms with van der Waals surface area (Å²) >= 11 is 1.56. The highest BCUT2D eigenvalue weighted by Crippen LogP contribution is 2.08. The van der Waals surface area contributed by atoms with Gasteiger partial charge in [0.25, 0.3) is 0 Å². The molecule has 1 aromatic carbocycles. The highest BCUT2D eigenvalue weighted by Gasteiger charge is 2.02. The minimum absolute atomic E-state index is 0.0455. The Bertz CT molecular complexity index is 679. The molecule has 1 aromatic heterocycles. The maximum absolute atomic E-state index is 11.6. The smallest absolute Gasteiger partial charge is 0.248 e. The van der Waals surface area contributed by atoms with Gasteiger partial charge in [0.2, 0.25) is 11.8 Å². The molecule has 5 heteroatoms. The molecule has 0 saturated heterocycles. The first-order valence-electron chi connectivity index (χ1n) is 6.33. The van der Waals surface area contributed by atoms with Gasteiger partial charge in [-0.1, -0.05) is 17.9 Å². The van der Waals surface area contributed by atoms with Crippen molar-refractivity contribution < 1.29 is 9.59 Å². The molecule has 106 valence electrons. The maximum Gasteiger partial charge on any atom is 0.248 e. The lowest BCUT2D eigenvalue weighted by Crippen LogP contribution is -2.24. The van der Waals surface area contributed by atoms with Crippen molar-refractivity contribution >= 4 is 23.2 Å². The number of nitrogens with two attached hydrogens (primary N) is 1. The van der Waals surface area contributed by atoms with Crippen molar-refractivity contribution in [3.05, 3.63) is 57.8 Å². The highest BCUT2D eigenvalue weighted by atomic mass is 32.1. The lowest BCUT2D eigenvalue weighted by molar-refractivity contribution is -0.120. The van der Waals surface area contributed by atoms with Gasteiger partial charge in [-0.25, -0.2) is 0 Å². The van der Waals surface area contributed by atoms with E-state index in [0.717, 1.165) is 10.4 Å². The number of carbonyl (C=O) groups is 2. The molecule has 0 atom stereocenters. The van der Waals surface area contributed by atoms with Gasteiger partial charge in [0.15, 0.2) is 0 Å². The molecule has 0 saturated carbocycles. The average Bonchev–Trinajstić information content (AvgIpc) is 2.97. The minimum atomic E-state index is -0.463. The van der Waals surface area contributed by atoms with Crippen molar-refractivity contribution in [1.82, 2.24) is 5.32 Å². The van der Waals surface area contributed by atoms with Gasteiger partial charge in [-0.2, -0.15) is 0 Å². The van der Waals surface area contributed by atoms with Crippen LogP contribution in [0.5, 0.6) is 0 Å². The molecule has 3 N–H and O–H groups in total. The van der Waals surface area contributed by atoms with Gasteiger partial charge in [-0.15, -0.1) is 11.3 Å². The molecule has 2 rings (SSSR count). The molecule has 1 heterocycles. The van der Waals surface area contributed by atoms with Crippen LogP contribution in [0, 0.1) is 11.8 Å². The summed E-state index contributed by atoms with van der Waals surface area (Å²) in [6.07, 6.45) is 0.382. The number of benzene rings is 1. The van der Waals surface area contributed by atoms with Crippen LogP contribution < -0.4 is 11.1 Å². The Hall–Kier alpha value is -2.58. The molecule has 0 radical (unpaired) electrons. The Kier molecular flexibility index (Phi) is 5.13. The first kappa shape index (κ1) is 14.8. The van der Waals surface area contributed by atoms with Gasteiger partial charge in [0.05, 0.1) is 13.0 Å². The van der Waals surface area contributed by atoms with Crippen LogP contribution in [0.4, 0.5) is 0 Å². The van der Waals surface area contributed by atoms with E-state index in [-0.39, 0.29) is 5.91 Å². The van der Waals surface area contributed by atoms with Gasteiger partial charge in [-0.05, 0) is 35.7 Å². The van der Waals surface area contributed by atoms with Crippen molar-refractivity contribution in [3.63, 3.8) is 0 Å². The summed E-state index contributed by atoms with van der Waals surface area (Å²) in [5.74, 6) is 5.27. The number of rotatable bonds is 4. The van der Waals surface area contributed by atoms with Crippen LogP contribution >= 0.6 is 11.3 Å². The fraction of sp³-hybridized carbons (Fsp3) is 0.125. The van der Waals surface area contributed by atoms with Crippen LogP contribution in [0.15, 0.2) is 41.8 Å². The van der Waals surface area contributed by atoms with Gasteiger partial charge >= 0.3 is 0 Å². The topological polar surface area (TPSA) is 72.2 Å². The van der Waals surface area contributed by atoms with Crippen LogP contribution in [-0.4, -0.2) is 18.4 Å². The molecule has 0 aliphatic carbocycles. The third-order valence-corrected chi connectivity index (χ3v) is 3.57. The summed E-state index contributed by atoms with van der Waals surface area (Å²) in [6.45, 7) is 0.293. The van der Waals surface area contributed by atoms with Gasteiger partial charge < -0.3 is 11.1 Å². The average molecular weight is 298 g/mol. The van der Waals surface area contributed by atoms with E-state index in [1.165, 1.54) is 0 Å². The first-order valence-corrected chi connectivity index (χ1v) is 7.21. The van der Waals surface area contributed by atoms with Crippen molar-refractivity contribution in [2.45, 2.75) is 6.42 Å². The second-order valence-electron chi connectivity index (χ2n) is 4.28. The van der Waals surface area contributed by atoms with Crippen LogP contribution in [0.3, 0.4) is 0 Å². The summed E-state index contributed by atoms with van der Waals surface area (Å²) in [4.78, 5) is 23.6. The molecule has 0 aliphatic heterocycles. The molecule has 21 heavy (non-hydrogen) atoms. The van der Waals surface area contributed by atoms with Crippen molar-refractivity contribution in [2.75, 3.05) is 6.54 Å². The molecule has 2 aromatic rings. The Morgan fingerprint density at radius 2 is 1.95 bits per heavy atom. The summed E-state index contributed by atoms with van der Waals surface area (Å²) in [7, 11) is 0. The Balaban J connectivity index is 1.80. The number of amides is 2. The van der Waals surface area contributed by atoms with Crippen molar-refractivity contribution in [2.24, 2.45) is 5.73 Å².